The summed E-state index contributed by atoms with van der Waals surface area (Å²) in [5.74, 6) is 0.664. The third-order valence-corrected chi connectivity index (χ3v) is 5.01. The Balaban J connectivity index is 0.00000240. The zero-order chi connectivity index (χ0) is 19.7. The standard InChI is InChI=1S/C18H21N8OS.K/c1-11-9-26-14(12-5-21-22-6-12)8-19-17(26)16(23-11)24-15-4-13(25-28-15)7-20-18(2,3)10-27;/h4-6,8-9,27H,7,10H2,1-3H3,(H,21,22)(H,23,24);/q-1;+1. The van der Waals surface area contributed by atoms with E-state index in [-0.39, 0.29) is 58.0 Å². The number of hydrogen-bond donors (Lipinski definition) is 3. The number of nitrogens with one attached hydrogen (secondary N) is 2. The fourth-order valence-electron chi connectivity index (χ4n) is 2.70. The molecule has 0 aliphatic rings. The second-order valence-electron chi connectivity index (χ2n) is 7.15. The van der Waals surface area contributed by atoms with E-state index in [1.807, 2.05) is 43.6 Å². The largest absolute Gasteiger partial charge is 1.00 e. The van der Waals surface area contributed by atoms with Crippen molar-refractivity contribution in [2.24, 2.45) is 0 Å². The molecule has 0 fully saturated rings. The Morgan fingerprint density at radius 2 is 2.17 bits per heavy atom. The minimum atomic E-state index is -0.471. The van der Waals surface area contributed by atoms with Crippen LogP contribution >= 0.6 is 11.5 Å². The van der Waals surface area contributed by atoms with E-state index in [1.165, 1.54) is 11.5 Å². The first-order chi connectivity index (χ1) is 13.4. The number of imidazole rings is 1. The Morgan fingerprint density at radius 3 is 2.90 bits per heavy atom. The predicted molar refractivity (Wildman–Crippen MR) is 109 cm³/mol. The molecule has 0 amide bonds. The van der Waals surface area contributed by atoms with Crippen molar-refractivity contribution >= 4 is 28.0 Å². The van der Waals surface area contributed by atoms with Gasteiger partial charge in [0.2, 0.25) is 0 Å². The molecule has 29 heavy (non-hydrogen) atoms. The third-order valence-electron chi connectivity index (χ3n) is 4.26. The second kappa shape index (κ2) is 9.31. The van der Waals surface area contributed by atoms with Gasteiger partial charge in [0, 0.05) is 30.3 Å². The van der Waals surface area contributed by atoms with Crippen molar-refractivity contribution in [3.05, 3.63) is 47.6 Å². The van der Waals surface area contributed by atoms with Crippen molar-refractivity contribution < 1.29 is 56.5 Å². The first-order valence-corrected chi connectivity index (χ1v) is 9.58. The summed E-state index contributed by atoms with van der Waals surface area (Å²) in [4.78, 5) is 9.14. The Kier molecular flexibility index (Phi) is 7.22. The van der Waals surface area contributed by atoms with Crippen LogP contribution in [0.15, 0.2) is 30.9 Å². The molecule has 0 atom stereocenters. The summed E-state index contributed by atoms with van der Waals surface area (Å²) in [5.41, 5.74) is 3.86. The summed E-state index contributed by atoms with van der Waals surface area (Å²) in [5, 5.41) is 24.8. The number of H-pyrrole nitrogens is 1. The van der Waals surface area contributed by atoms with E-state index in [0.29, 0.717) is 12.4 Å². The number of aromatic nitrogens is 6. The number of aliphatic hydroxyl groups is 1. The van der Waals surface area contributed by atoms with Crippen molar-refractivity contribution in [1.29, 1.82) is 0 Å². The van der Waals surface area contributed by atoms with Crippen LogP contribution < -0.4 is 56.7 Å². The van der Waals surface area contributed by atoms with Gasteiger partial charge in [-0.05, 0) is 24.5 Å². The summed E-state index contributed by atoms with van der Waals surface area (Å²) in [7, 11) is 0. The number of nitrogens with zero attached hydrogens (tertiary/aromatic N) is 6. The van der Waals surface area contributed by atoms with Crippen molar-refractivity contribution in [1.82, 2.24) is 28.9 Å². The molecule has 0 radical (unpaired) electrons. The number of aryl methyl sites for hydroxylation is 1. The third kappa shape index (κ3) is 5.12. The molecule has 0 aliphatic carbocycles. The molecule has 4 aromatic rings. The van der Waals surface area contributed by atoms with Crippen LogP contribution in [-0.4, -0.2) is 46.2 Å². The number of hydrogen-bond acceptors (Lipinski definition) is 7. The molecule has 0 bridgehead atoms. The fraction of sp³-hybridized carbons (Fsp3) is 0.333. The van der Waals surface area contributed by atoms with Gasteiger partial charge in [-0.15, -0.1) is 12.1 Å². The summed E-state index contributed by atoms with van der Waals surface area (Å²) >= 11 is 1.35. The van der Waals surface area contributed by atoms with Gasteiger partial charge in [0.15, 0.2) is 11.5 Å². The first-order valence-electron chi connectivity index (χ1n) is 8.81. The van der Waals surface area contributed by atoms with Gasteiger partial charge in [0.05, 0.1) is 23.8 Å². The molecule has 0 aliphatic heterocycles. The first kappa shape index (κ1) is 22.5. The predicted octanol–water partition coefficient (Wildman–Crippen LogP) is 0.277. The average molecular weight is 437 g/mol. The van der Waals surface area contributed by atoms with Crippen LogP contribution in [0, 0.1) is 6.92 Å². The van der Waals surface area contributed by atoms with Crippen molar-refractivity contribution in [3.63, 3.8) is 0 Å². The quantitative estimate of drug-likeness (QED) is 0.358. The summed E-state index contributed by atoms with van der Waals surface area (Å²) < 4.78 is 6.43. The van der Waals surface area contributed by atoms with Crippen LogP contribution in [0.1, 0.15) is 25.2 Å². The number of anilines is 2. The Hall–Kier alpha value is -1.18. The average Bonchev–Trinajstić information content (AvgIpc) is 3.40. The van der Waals surface area contributed by atoms with Crippen molar-refractivity contribution in [2.45, 2.75) is 32.9 Å². The molecule has 0 saturated heterocycles. The van der Waals surface area contributed by atoms with Gasteiger partial charge in [0.1, 0.15) is 5.00 Å². The normalized spacial score (nSPS) is 11.6. The Labute approximate surface area is 215 Å². The fourth-order valence-corrected chi connectivity index (χ4v) is 3.36. The molecule has 0 aromatic carbocycles. The van der Waals surface area contributed by atoms with Crippen LogP contribution in [0.4, 0.5) is 10.8 Å². The molecule has 0 unspecified atom stereocenters. The van der Waals surface area contributed by atoms with E-state index in [9.17, 15) is 5.11 Å². The van der Waals surface area contributed by atoms with E-state index in [4.69, 9.17) is 0 Å². The minimum Gasteiger partial charge on any atom is -0.650 e. The van der Waals surface area contributed by atoms with Gasteiger partial charge >= 0.3 is 51.4 Å². The van der Waals surface area contributed by atoms with Crippen LogP contribution in [-0.2, 0) is 6.54 Å². The van der Waals surface area contributed by atoms with Gasteiger partial charge in [-0.1, -0.05) is 13.8 Å². The van der Waals surface area contributed by atoms with E-state index < -0.39 is 5.54 Å². The van der Waals surface area contributed by atoms with Gasteiger partial charge < -0.3 is 15.7 Å². The second-order valence-corrected chi connectivity index (χ2v) is 7.95. The van der Waals surface area contributed by atoms with Gasteiger partial charge in [-0.2, -0.15) is 9.47 Å². The van der Waals surface area contributed by atoms with E-state index in [0.717, 1.165) is 33.3 Å². The summed E-state index contributed by atoms with van der Waals surface area (Å²) in [6, 6.07) is 1.95. The zero-order valence-electron chi connectivity index (χ0n) is 16.8. The smallest absolute Gasteiger partial charge is 0.650 e. The van der Waals surface area contributed by atoms with Crippen molar-refractivity contribution in [3.8, 4) is 11.3 Å². The van der Waals surface area contributed by atoms with E-state index in [1.54, 1.807) is 12.4 Å². The molecular formula is C18H21KN8OS. The maximum absolute atomic E-state index is 9.32. The molecule has 4 aromatic heterocycles. The topological polar surface area (TPSA) is 118 Å². The molecule has 9 nitrogen and oxygen atoms in total. The van der Waals surface area contributed by atoms with Crippen LogP contribution in [0.2, 0.25) is 0 Å². The molecule has 0 spiro atoms. The summed E-state index contributed by atoms with van der Waals surface area (Å²) in [6.07, 6.45) is 7.35. The minimum absolute atomic E-state index is 0. The van der Waals surface area contributed by atoms with Gasteiger partial charge in [0.25, 0.3) is 0 Å². The van der Waals surface area contributed by atoms with Crippen LogP contribution in [0.5, 0.6) is 0 Å². The van der Waals surface area contributed by atoms with E-state index in [2.05, 4.69) is 35.2 Å². The van der Waals surface area contributed by atoms with Crippen LogP contribution in [0.25, 0.3) is 22.2 Å². The van der Waals surface area contributed by atoms with Gasteiger partial charge in [-0.3, -0.25) is 9.50 Å². The molecule has 146 valence electrons. The number of aliphatic hydroxyl groups excluding tert-OH is 1. The molecule has 11 heteroatoms. The number of aromatic amines is 1. The Bertz CT molecular complexity index is 1090. The summed E-state index contributed by atoms with van der Waals surface area (Å²) in [6.45, 7) is 6.18. The van der Waals surface area contributed by atoms with Gasteiger partial charge in [-0.25, -0.2) is 9.97 Å². The molecular weight excluding hydrogens is 415 g/mol. The number of fused-ring (bicyclic) bond motifs is 1. The van der Waals surface area contributed by atoms with Crippen molar-refractivity contribution in [2.75, 3.05) is 11.9 Å². The van der Waals surface area contributed by atoms with E-state index >= 15 is 0 Å². The molecule has 4 rings (SSSR count). The molecule has 3 N–H and O–H groups in total. The number of rotatable bonds is 7. The van der Waals surface area contributed by atoms with Crippen LogP contribution in [0.3, 0.4) is 0 Å². The zero-order valence-corrected chi connectivity index (χ0v) is 20.8. The SMILES string of the molecule is Cc1cn2c(-c3cn[nH]c3)cnc2c(Nc2cc(C[N-]C(C)(C)CO)ns2)n1.[K+]. The maximum atomic E-state index is 9.32. The molecule has 4 heterocycles. The monoisotopic (exact) mass is 436 g/mol. The Morgan fingerprint density at radius 1 is 1.34 bits per heavy atom. The maximum Gasteiger partial charge on any atom is 1.00 e. The molecule has 0 saturated carbocycles.